The summed E-state index contributed by atoms with van der Waals surface area (Å²) in [6.45, 7) is 3.57. The van der Waals surface area contributed by atoms with E-state index in [1.54, 1.807) is 45.3 Å². The highest BCUT2D eigenvalue weighted by atomic mass is 35.5. The predicted octanol–water partition coefficient (Wildman–Crippen LogP) is 2.95. The summed E-state index contributed by atoms with van der Waals surface area (Å²) in [5.74, 6) is 0. The van der Waals surface area contributed by atoms with E-state index in [4.69, 9.17) is 11.6 Å². The summed E-state index contributed by atoms with van der Waals surface area (Å²) >= 11 is 6.25. The second kappa shape index (κ2) is 5.93. The average molecular weight is 380 g/mol. The van der Waals surface area contributed by atoms with Gasteiger partial charge in [0, 0.05) is 14.1 Å². The standard InChI is InChI=1S/C17H18ClN3O3S/c1-10-5-6-11(2)16(7-10)25(23,24)19-13-9-15-14(8-12(13)18)20(3)17(22)21(15)4/h5-9,19H,1-4H3. The first kappa shape index (κ1) is 17.6. The number of nitrogens with zero attached hydrogens (tertiary/aromatic N) is 2. The van der Waals surface area contributed by atoms with Crippen LogP contribution in [0.15, 0.2) is 40.0 Å². The molecule has 6 nitrogen and oxygen atoms in total. The Hall–Kier alpha value is -2.25. The first-order valence-corrected chi connectivity index (χ1v) is 9.43. The number of rotatable bonds is 3. The van der Waals surface area contributed by atoms with Crippen LogP contribution in [0.5, 0.6) is 0 Å². The van der Waals surface area contributed by atoms with Gasteiger partial charge in [-0.05, 0) is 43.2 Å². The summed E-state index contributed by atoms with van der Waals surface area (Å²) in [4.78, 5) is 12.2. The zero-order valence-corrected chi connectivity index (χ0v) is 15.9. The highest BCUT2D eigenvalue weighted by Gasteiger charge is 2.20. The molecule has 3 rings (SSSR count). The number of nitrogens with one attached hydrogen (secondary N) is 1. The fraction of sp³-hybridized carbons (Fsp3) is 0.235. The first-order valence-electron chi connectivity index (χ1n) is 7.57. The largest absolute Gasteiger partial charge is 0.328 e. The van der Waals surface area contributed by atoms with Gasteiger partial charge in [-0.25, -0.2) is 13.2 Å². The van der Waals surface area contributed by atoms with Crippen molar-refractivity contribution in [3.63, 3.8) is 0 Å². The van der Waals surface area contributed by atoms with Gasteiger partial charge in [0.1, 0.15) is 0 Å². The van der Waals surface area contributed by atoms with Crippen LogP contribution in [0.25, 0.3) is 11.0 Å². The lowest BCUT2D eigenvalue weighted by Crippen LogP contribution is -2.19. The average Bonchev–Trinajstić information content (AvgIpc) is 2.74. The van der Waals surface area contributed by atoms with Crippen LogP contribution in [0.4, 0.5) is 5.69 Å². The molecular formula is C17H18ClN3O3S. The molecule has 0 spiro atoms. The molecule has 0 fully saturated rings. The Balaban J connectivity index is 2.14. The van der Waals surface area contributed by atoms with Gasteiger partial charge < -0.3 is 0 Å². The minimum absolute atomic E-state index is 0.200. The normalized spacial score (nSPS) is 11.9. The van der Waals surface area contributed by atoms with Crippen molar-refractivity contribution >= 4 is 38.3 Å². The van der Waals surface area contributed by atoms with Crippen molar-refractivity contribution in [3.05, 3.63) is 57.0 Å². The second-order valence-corrected chi connectivity index (χ2v) is 8.15. The number of aryl methyl sites for hydroxylation is 4. The number of anilines is 1. The highest BCUT2D eigenvalue weighted by molar-refractivity contribution is 7.92. The quantitative estimate of drug-likeness (QED) is 0.760. The van der Waals surface area contributed by atoms with Crippen molar-refractivity contribution in [2.45, 2.75) is 18.7 Å². The maximum Gasteiger partial charge on any atom is 0.328 e. The molecule has 1 N–H and O–H groups in total. The molecule has 0 unspecified atom stereocenters. The topological polar surface area (TPSA) is 73.1 Å². The van der Waals surface area contributed by atoms with Crippen molar-refractivity contribution in [1.82, 2.24) is 9.13 Å². The fourth-order valence-corrected chi connectivity index (χ4v) is 4.46. The van der Waals surface area contributed by atoms with Crippen molar-refractivity contribution in [3.8, 4) is 0 Å². The summed E-state index contributed by atoms with van der Waals surface area (Å²) in [6.07, 6.45) is 0. The summed E-state index contributed by atoms with van der Waals surface area (Å²) in [7, 11) is -0.536. The first-order chi connectivity index (χ1) is 11.6. The summed E-state index contributed by atoms with van der Waals surface area (Å²) in [5.41, 5.74) is 2.74. The Labute approximate surface area is 150 Å². The molecule has 0 aliphatic rings. The molecule has 0 amide bonds. The Kier molecular flexibility index (Phi) is 4.17. The van der Waals surface area contributed by atoms with Gasteiger partial charge >= 0.3 is 5.69 Å². The molecule has 3 aromatic rings. The lowest BCUT2D eigenvalue weighted by molar-refractivity contribution is 0.600. The molecule has 25 heavy (non-hydrogen) atoms. The summed E-state index contributed by atoms with van der Waals surface area (Å²) < 4.78 is 31.0. The number of benzene rings is 2. The second-order valence-electron chi connectivity index (χ2n) is 6.10. The van der Waals surface area contributed by atoms with Crippen LogP contribution >= 0.6 is 11.6 Å². The molecule has 0 radical (unpaired) electrons. The van der Waals surface area contributed by atoms with Gasteiger partial charge in [0.2, 0.25) is 0 Å². The predicted molar refractivity (Wildman–Crippen MR) is 99.9 cm³/mol. The number of hydrogen-bond donors (Lipinski definition) is 1. The monoisotopic (exact) mass is 379 g/mol. The van der Waals surface area contributed by atoms with Gasteiger partial charge in [-0.2, -0.15) is 0 Å². The van der Waals surface area contributed by atoms with Crippen LogP contribution in [0.1, 0.15) is 11.1 Å². The molecule has 0 atom stereocenters. The van der Waals surface area contributed by atoms with Crippen molar-refractivity contribution in [2.75, 3.05) is 4.72 Å². The molecule has 0 bridgehead atoms. The van der Waals surface area contributed by atoms with Gasteiger partial charge in [0.05, 0.1) is 26.6 Å². The van der Waals surface area contributed by atoms with E-state index >= 15 is 0 Å². The SMILES string of the molecule is Cc1ccc(C)c(S(=O)(=O)Nc2cc3c(cc2Cl)n(C)c(=O)n3C)c1. The maximum absolute atomic E-state index is 12.8. The number of fused-ring (bicyclic) bond motifs is 1. The zero-order chi connectivity index (χ0) is 18.5. The van der Waals surface area contributed by atoms with Crippen LogP contribution in [0, 0.1) is 13.8 Å². The Bertz CT molecular complexity index is 1160. The highest BCUT2D eigenvalue weighted by Crippen LogP contribution is 2.30. The molecule has 0 saturated carbocycles. The van der Waals surface area contributed by atoms with Gasteiger partial charge in [-0.1, -0.05) is 23.7 Å². The van der Waals surface area contributed by atoms with Crippen molar-refractivity contribution in [2.24, 2.45) is 14.1 Å². The van der Waals surface area contributed by atoms with Crippen LogP contribution in [0.3, 0.4) is 0 Å². The minimum atomic E-state index is -3.80. The molecule has 0 aliphatic heterocycles. The molecular weight excluding hydrogens is 362 g/mol. The zero-order valence-electron chi connectivity index (χ0n) is 14.3. The number of aromatic nitrogens is 2. The Morgan fingerprint density at radius 2 is 1.60 bits per heavy atom. The molecule has 8 heteroatoms. The third-order valence-electron chi connectivity index (χ3n) is 4.24. The van der Waals surface area contributed by atoms with E-state index < -0.39 is 10.0 Å². The number of hydrogen-bond acceptors (Lipinski definition) is 3. The molecule has 2 aromatic carbocycles. The van der Waals surface area contributed by atoms with E-state index in [0.717, 1.165) is 5.56 Å². The number of sulfonamides is 1. The van der Waals surface area contributed by atoms with Crippen LogP contribution in [-0.4, -0.2) is 17.6 Å². The van der Waals surface area contributed by atoms with Gasteiger partial charge in [0.25, 0.3) is 10.0 Å². The van der Waals surface area contributed by atoms with E-state index in [9.17, 15) is 13.2 Å². The third-order valence-corrected chi connectivity index (χ3v) is 6.06. The Morgan fingerprint density at radius 1 is 1.00 bits per heavy atom. The molecule has 0 saturated heterocycles. The van der Waals surface area contributed by atoms with Crippen molar-refractivity contribution < 1.29 is 8.42 Å². The number of halogens is 1. The van der Waals surface area contributed by atoms with Gasteiger partial charge in [-0.15, -0.1) is 0 Å². The van der Waals surface area contributed by atoms with Gasteiger partial charge in [-0.3, -0.25) is 13.9 Å². The van der Waals surface area contributed by atoms with E-state index in [2.05, 4.69) is 4.72 Å². The van der Waals surface area contributed by atoms with Gasteiger partial charge in [0.15, 0.2) is 0 Å². The molecule has 1 heterocycles. The van der Waals surface area contributed by atoms with Crippen LogP contribution in [0.2, 0.25) is 5.02 Å². The molecule has 132 valence electrons. The van der Waals surface area contributed by atoms with E-state index in [0.29, 0.717) is 16.6 Å². The van der Waals surface area contributed by atoms with Crippen LogP contribution in [-0.2, 0) is 24.1 Å². The Morgan fingerprint density at radius 3 is 2.24 bits per heavy atom. The smallest absolute Gasteiger partial charge is 0.295 e. The maximum atomic E-state index is 12.8. The molecule has 0 aliphatic carbocycles. The van der Waals surface area contributed by atoms with E-state index in [1.807, 2.05) is 13.0 Å². The van der Waals surface area contributed by atoms with Crippen LogP contribution < -0.4 is 10.4 Å². The van der Waals surface area contributed by atoms with E-state index in [-0.39, 0.29) is 21.3 Å². The number of imidazole rings is 1. The lowest BCUT2D eigenvalue weighted by atomic mass is 10.2. The summed E-state index contributed by atoms with van der Waals surface area (Å²) in [5, 5.41) is 0.225. The molecule has 1 aromatic heterocycles. The minimum Gasteiger partial charge on any atom is -0.295 e. The third kappa shape index (κ3) is 2.94. The van der Waals surface area contributed by atoms with E-state index in [1.165, 1.54) is 9.13 Å². The summed E-state index contributed by atoms with van der Waals surface area (Å²) in [6, 6.07) is 8.38. The van der Waals surface area contributed by atoms with Crippen molar-refractivity contribution in [1.29, 1.82) is 0 Å². The fourth-order valence-electron chi connectivity index (χ4n) is 2.79. The lowest BCUT2D eigenvalue weighted by Gasteiger charge is -2.13.